The fraction of sp³-hybridized carbons (Fsp3) is 0.647. The van der Waals surface area contributed by atoms with Gasteiger partial charge in [0.1, 0.15) is 18.1 Å². The van der Waals surface area contributed by atoms with Gasteiger partial charge in [0.05, 0.1) is 0 Å². The van der Waals surface area contributed by atoms with Gasteiger partial charge < -0.3 is 9.30 Å². The van der Waals surface area contributed by atoms with Gasteiger partial charge in [-0.15, -0.1) is 0 Å². The molecular formula is C17H24N2O2. The van der Waals surface area contributed by atoms with E-state index < -0.39 is 0 Å². The van der Waals surface area contributed by atoms with Crippen molar-refractivity contribution in [2.75, 3.05) is 0 Å². The van der Waals surface area contributed by atoms with E-state index in [1.807, 2.05) is 6.07 Å². The zero-order valence-electron chi connectivity index (χ0n) is 13.1. The number of fused-ring (bicyclic) bond motifs is 2. The summed E-state index contributed by atoms with van der Waals surface area (Å²) in [5, 5.41) is 7.79. The second kappa shape index (κ2) is 4.72. The minimum Gasteiger partial charge on any atom is -0.460 e. The first-order chi connectivity index (χ1) is 9.84. The molecule has 2 aliphatic rings. The van der Waals surface area contributed by atoms with Crippen LogP contribution in [0.4, 0.5) is 0 Å². The van der Waals surface area contributed by atoms with Gasteiger partial charge in [-0.05, 0) is 42.7 Å². The van der Waals surface area contributed by atoms with Crippen LogP contribution in [0.1, 0.15) is 40.0 Å². The first kappa shape index (κ1) is 14.4. The Balaban J connectivity index is 1.70. The number of rotatable bonds is 3. The lowest BCUT2D eigenvalue weighted by Gasteiger charge is -2.38. The first-order valence-electron chi connectivity index (χ1n) is 7.74. The van der Waals surface area contributed by atoms with Gasteiger partial charge in [0.25, 0.3) is 0 Å². The quantitative estimate of drug-likeness (QED) is 0.869. The van der Waals surface area contributed by atoms with E-state index >= 15 is 0 Å². The van der Waals surface area contributed by atoms with E-state index in [1.165, 1.54) is 6.42 Å². The second-order valence-electron chi connectivity index (χ2n) is 7.30. The van der Waals surface area contributed by atoms with Crippen LogP contribution < -0.4 is 5.49 Å². The van der Waals surface area contributed by atoms with Crippen molar-refractivity contribution in [2.24, 2.45) is 16.7 Å². The summed E-state index contributed by atoms with van der Waals surface area (Å²) in [5.74, 6) is 0.436. The highest BCUT2D eigenvalue weighted by Gasteiger charge is 2.62. The molecule has 3 atom stereocenters. The summed E-state index contributed by atoms with van der Waals surface area (Å²) in [4.78, 5) is 12.2. The number of hydrogen-bond donors (Lipinski definition) is 1. The molecule has 0 unspecified atom stereocenters. The molecule has 0 radical (unpaired) electrons. The molecule has 2 fully saturated rings. The molecular weight excluding hydrogens is 264 g/mol. The Kier molecular flexibility index (Phi) is 3.23. The summed E-state index contributed by atoms with van der Waals surface area (Å²) in [5.41, 5.74) is 0.672. The van der Waals surface area contributed by atoms with E-state index in [-0.39, 0.29) is 29.4 Å². The van der Waals surface area contributed by atoms with E-state index in [4.69, 9.17) is 10.1 Å². The number of ether oxygens (including phenoxy) is 1. The van der Waals surface area contributed by atoms with E-state index in [0.29, 0.717) is 11.4 Å². The molecule has 2 aliphatic carbocycles. The topological polar surface area (TPSA) is 55.1 Å². The molecule has 2 bridgehead atoms. The summed E-state index contributed by atoms with van der Waals surface area (Å²) in [6.45, 7) is 7.01. The van der Waals surface area contributed by atoms with Crippen molar-refractivity contribution in [3.63, 3.8) is 0 Å². The monoisotopic (exact) mass is 288 g/mol. The van der Waals surface area contributed by atoms with Gasteiger partial charge in [-0.3, -0.25) is 10.2 Å². The summed E-state index contributed by atoms with van der Waals surface area (Å²) >= 11 is 0. The molecule has 114 valence electrons. The van der Waals surface area contributed by atoms with Crippen LogP contribution in [0, 0.1) is 22.2 Å². The molecule has 1 N–H and O–H groups in total. The van der Waals surface area contributed by atoms with Crippen LogP contribution in [-0.2, 0) is 16.1 Å². The molecule has 0 aromatic carbocycles. The summed E-state index contributed by atoms with van der Waals surface area (Å²) < 4.78 is 7.41. The Labute approximate surface area is 125 Å². The van der Waals surface area contributed by atoms with Crippen molar-refractivity contribution in [1.29, 1.82) is 5.41 Å². The molecule has 1 aromatic heterocycles. The fourth-order valence-electron chi connectivity index (χ4n) is 4.26. The smallest absolute Gasteiger partial charge is 0.326 e. The van der Waals surface area contributed by atoms with Crippen LogP contribution in [0.15, 0.2) is 24.4 Å². The number of carbonyl (C=O) groups excluding carboxylic acids is 1. The highest BCUT2D eigenvalue weighted by molar-refractivity contribution is 5.69. The molecule has 3 rings (SSSR count). The molecule has 0 spiro atoms. The van der Waals surface area contributed by atoms with E-state index in [2.05, 4.69) is 20.8 Å². The zero-order chi connectivity index (χ0) is 15.3. The third kappa shape index (κ3) is 2.12. The van der Waals surface area contributed by atoms with Crippen molar-refractivity contribution >= 4 is 5.97 Å². The number of nitrogens with one attached hydrogen (secondary N) is 1. The van der Waals surface area contributed by atoms with E-state index in [1.54, 1.807) is 22.9 Å². The number of nitrogens with zero attached hydrogens (tertiary/aromatic N) is 1. The Morgan fingerprint density at radius 2 is 2.19 bits per heavy atom. The van der Waals surface area contributed by atoms with Gasteiger partial charge in [0, 0.05) is 11.6 Å². The minimum atomic E-state index is -0.228. The van der Waals surface area contributed by atoms with Crippen molar-refractivity contribution in [2.45, 2.75) is 52.7 Å². The van der Waals surface area contributed by atoms with Gasteiger partial charge >= 0.3 is 5.97 Å². The lowest BCUT2D eigenvalue weighted by atomic mass is 9.70. The lowest BCUT2D eigenvalue weighted by molar-refractivity contribution is -0.157. The second-order valence-corrected chi connectivity index (χ2v) is 7.30. The average Bonchev–Trinajstić information content (AvgIpc) is 2.74. The number of aromatic nitrogens is 1. The molecule has 0 aliphatic heterocycles. The van der Waals surface area contributed by atoms with Gasteiger partial charge in [0.15, 0.2) is 0 Å². The molecule has 21 heavy (non-hydrogen) atoms. The summed E-state index contributed by atoms with van der Waals surface area (Å²) in [6.07, 6.45) is 5.16. The number of pyridine rings is 1. The predicted molar refractivity (Wildman–Crippen MR) is 79.4 cm³/mol. The standard InChI is InChI=1S/C17H24N2O2/c1-16(2)12-7-8-17(16,3)13(10-12)21-15(20)11-19-9-5-4-6-14(19)18/h4-6,9,12-13,18H,7-8,10-11H2,1-3H3/t12-,13-,17-/m0/s1. The normalized spacial score (nSPS) is 33.1. The van der Waals surface area contributed by atoms with Gasteiger partial charge in [-0.1, -0.05) is 26.8 Å². The van der Waals surface area contributed by atoms with E-state index in [9.17, 15) is 4.79 Å². The molecule has 2 saturated carbocycles. The molecule has 0 amide bonds. The third-order valence-electron chi connectivity index (χ3n) is 6.23. The largest absolute Gasteiger partial charge is 0.460 e. The Morgan fingerprint density at radius 3 is 2.76 bits per heavy atom. The maximum absolute atomic E-state index is 12.2. The minimum absolute atomic E-state index is 0.0252. The van der Waals surface area contributed by atoms with Gasteiger partial charge in [0.2, 0.25) is 0 Å². The van der Waals surface area contributed by atoms with Crippen LogP contribution in [0.5, 0.6) is 0 Å². The van der Waals surface area contributed by atoms with Crippen LogP contribution in [0.2, 0.25) is 0 Å². The van der Waals surface area contributed by atoms with Crippen molar-refractivity contribution in [3.05, 3.63) is 29.9 Å². The predicted octanol–water partition coefficient (Wildman–Crippen LogP) is 2.73. The highest BCUT2D eigenvalue weighted by Crippen LogP contribution is 2.66. The van der Waals surface area contributed by atoms with Gasteiger partial charge in [-0.2, -0.15) is 0 Å². The summed E-state index contributed by atoms with van der Waals surface area (Å²) in [7, 11) is 0. The summed E-state index contributed by atoms with van der Waals surface area (Å²) in [6, 6.07) is 5.30. The lowest BCUT2D eigenvalue weighted by Crippen LogP contribution is -2.39. The van der Waals surface area contributed by atoms with Crippen molar-refractivity contribution < 1.29 is 9.53 Å². The number of hydrogen-bond acceptors (Lipinski definition) is 3. The maximum Gasteiger partial charge on any atom is 0.326 e. The Morgan fingerprint density at radius 1 is 1.43 bits per heavy atom. The molecule has 0 saturated heterocycles. The van der Waals surface area contributed by atoms with Crippen LogP contribution in [-0.4, -0.2) is 16.6 Å². The molecule has 1 aromatic rings. The van der Waals surface area contributed by atoms with Crippen molar-refractivity contribution in [3.8, 4) is 0 Å². The average molecular weight is 288 g/mol. The first-order valence-corrected chi connectivity index (χ1v) is 7.74. The fourth-order valence-corrected chi connectivity index (χ4v) is 4.26. The maximum atomic E-state index is 12.2. The van der Waals surface area contributed by atoms with Gasteiger partial charge in [-0.25, -0.2) is 0 Å². The van der Waals surface area contributed by atoms with Crippen LogP contribution >= 0.6 is 0 Å². The molecule has 4 nitrogen and oxygen atoms in total. The molecule has 1 heterocycles. The Hall–Kier alpha value is -1.58. The number of esters is 1. The number of carbonyl (C=O) groups is 1. The van der Waals surface area contributed by atoms with Crippen LogP contribution in [0.25, 0.3) is 0 Å². The van der Waals surface area contributed by atoms with Crippen LogP contribution in [0.3, 0.4) is 0 Å². The van der Waals surface area contributed by atoms with Crippen molar-refractivity contribution in [1.82, 2.24) is 4.57 Å². The third-order valence-corrected chi connectivity index (χ3v) is 6.23. The Bertz CT molecular complexity index is 619. The SMILES string of the molecule is CC1(C)[C@H]2CC[C@@]1(C)[C@@H](OC(=O)Cn1ccccc1=N)C2. The zero-order valence-corrected chi connectivity index (χ0v) is 13.1. The molecule has 4 heteroatoms. The highest BCUT2D eigenvalue weighted by atomic mass is 16.5. The van der Waals surface area contributed by atoms with E-state index in [0.717, 1.165) is 12.8 Å².